The van der Waals surface area contributed by atoms with Crippen LogP contribution in [-0.4, -0.2) is 0 Å². The predicted molar refractivity (Wildman–Crippen MR) is 83.6 cm³/mol. The van der Waals surface area contributed by atoms with E-state index >= 15 is 0 Å². The molecule has 0 unspecified atom stereocenters. The van der Waals surface area contributed by atoms with Crippen molar-refractivity contribution in [1.29, 1.82) is 0 Å². The van der Waals surface area contributed by atoms with Crippen LogP contribution in [0.4, 0.5) is 5.69 Å². The lowest BCUT2D eigenvalue weighted by Gasteiger charge is -2.06. The molecule has 3 aromatic rings. The number of hydrogen-bond acceptors (Lipinski definition) is 0. The third kappa shape index (κ3) is 2.46. The van der Waals surface area contributed by atoms with E-state index in [4.69, 9.17) is 6.57 Å². The highest BCUT2D eigenvalue weighted by molar-refractivity contribution is 5.73. The fraction of sp³-hybridized carbons (Fsp3) is 0. The molecule has 0 atom stereocenters. The van der Waals surface area contributed by atoms with E-state index in [0.717, 1.165) is 5.56 Å². The second-order valence-electron chi connectivity index (χ2n) is 4.61. The number of hydrogen-bond donors (Lipinski definition) is 0. The van der Waals surface area contributed by atoms with Crippen molar-refractivity contribution in [3.8, 4) is 22.3 Å². The smallest absolute Gasteiger partial charge is 0.187 e. The molecule has 0 aliphatic rings. The van der Waals surface area contributed by atoms with Gasteiger partial charge in [-0.1, -0.05) is 72.8 Å². The lowest BCUT2D eigenvalue weighted by Crippen LogP contribution is -1.80. The summed E-state index contributed by atoms with van der Waals surface area (Å²) in [6, 6.07) is 26.5. The molecule has 0 heterocycles. The topological polar surface area (TPSA) is 4.36 Å². The standard InChI is InChI=1S/C19H13N/c1-20-19-12-10-16(11-13-19)18-9-5-8-17(14-18)15-6-3-2-4-7-15/h2-14H. The number of benzene rings is 3. The van der Waals surface area contributed by atoms with E-state index in [1.807, 2.05) is 42.5 Å². The molecule has 0 radical (unpaired) electrons. The van der Waals surface area contributed by atoms with Crippen molar-refractivity contribution in [2.75, 3.05) is 0 Å². The molecule has 1 nitrogen and oxygen atoms in total. The fourth-order valence-corrected chi connectivity index (χ4v) is 2.24. The average molecular weight is 255 g/mol. The van der Waals surface area contributed by atoms with E-state index in [1.165, 1.54) is 16.7 Å². The van der Waals surface area contributed by atoms with Crippen molar-refractivity contribution in [1.82, 2.24) is 0 Å². The first-order valence-corrected chi connectivity index (χ1v) is 6.50. The van der Waals surface area contributed by atoms with Crippen molar-refractivity contribution >= 4 is 5.69 Å². The highest BCUT2D eigenvalue weighted by Crippen LogP contribution is 2.27. The maximum absolute atomic E-state index is 6.99. The van der Waals surface area contributed by atoms with Crippen molar-refractivity contribution in [3.63, 3.8) is 0 Å². The molecular formula is C19H13N. The van der Waals surface area contributed by atoms with Crippen LogP contribution in [-0.2, 0) is 0 Å². The Bertz CT molecular complexity index is 750. The minimum atomic E-state index is 0.674. The van der Waals surface area contributed by atoms with Crippen molar-refractivity contribution in [2.45, 2.75) is 0 Å². The monoisotopic (exact) mass is 255 g/mol. The molecule has 3 aromatic carbocycles. The third-order valence-corrected chi connectivity index (χ3v) is 3.30. The fourth-order valence-electron chi connectivity index (χ4n) is 2.24. The van der Waals surface area contributed by atoms with Crippen molar-refractivity contribution < 1.29 is 0 Å². The Hall–Kier alpha value is -2.85. The second kappa shape index (κ2) is 5.42. The molecule has 0 aliphatic heterocycles. The van der Waals surface area contributed by atoms with E-state index < -0.39 is 0 Å². The van der Waals surface area contributed by atoms with Gasteiger partial charge in [0.15, 0.2) is 5.69 Å². The summed E-state index contributed by atoms with van der Waals surface area (Å²) in [5, 5.41) is 0. The highest BCUT2D eigenvalue weighted by atomic mass is 14.6. The molecule has 1 heteroatoms. The van der Waals surface area contributed by atoms with E-state index in [9.17, 15) is 0 Å². The SMILES string of the molecule is [C-]#[N+]c1ccc(-c2cccc(-c3ccccc3)c2)cc1. The van der Waals surface area contributed by atoms with Crippen LogP contribution in [0, 0.1) is 6.57 Å². The Kier molecular flexibility index (Phi) is 3.31. The number of nitrogens with zero attached hydrogens (tertiary/aromatic N) is 1. The zero-order chi connectivity index (χ0) is 13.8. The van der Waals surface area contributed by atoms with Gasteiger partial charge in [0, 0.05) is 0 Å². The molecule has 0 bridgehead atoms. The van der Waals surface area contributed by atoms with E-state index in [2.05, 4.69) is 41.2 Å². The summed E-state index contributed by atoms with van der Waals surface area (Å²) in [6.45, 7) is 6.99. The largest absolute Gasteiger partial charge is 0.238 e. The molecule has 20 heavy (non-hydrogen) atoms. The van der Waals surface area contributed by atoms with Crippen LogP contribution in [0.25, 0.3) is 27.1 Å². The predicted octanol–water partition coefficient (Wildman–Crippen LogP) is 5.57. The Morgan fingerprint density at radius 2 is 1.10 bits per heavy atom. The summed E-state index contributed by atoms with van der Waals surface area (Å²) in [5.74, 6) is 0. The van der Waals surface area contributed by atoms with Crippen LogP contribution in [0.15, 0.2) is 78.9 Å². The molecular weight excluding hydrogens is 242 g/mol. The summed E-state index contributed by atoms with van der Waals surface area (Å²) in [7, 11) is 0. The van der Waals surface area contributed by atoms with Gasteiger partial charge in [0.25, 0.3) is 0 Å². The molecule has 0 N–H and O–H groups in total. The first-order chi connectivity index (χ1) is 9.86. The Balaban J connectivity index is 2.01. The molecule has 0 aromatic heterocycles. The van der Waals surface area contributed by atoms with Gasteiger partial charge in [0.05, 0.1) is 6.57 Å². The minimum absolute atomic E-state index is 0.674. The van der Waals surface area contributed by atoms with Gasteiger partial charge >= 0.3 is 0 Å². The molecule has 0 amide bonds. The van der Waals surface area contributed by atoms with Gasteiger partial charge in [-0.15, -0.1) is 0 Å². The van der Waals surface area contributed by atoms with Gasteiger partial charge in [-0.3, -0.25) is 0 Å². The maximum atomic E-state index is 6.99. The zero-order valence-corrected chi connectivity index (χ0v) is 11.0. The molecule has 3 rings (SSSR count). The van der Waals surface area contributed by atoms with Crippen LogP contribution < -0.4 is 0 Å². The Labute approximate surface area is 119 Å². The van der Waals surface area contributed by atoms with Crippen LogP contribution in [0.1, 0.15) is 0 Å². The summed E-state index contributed by atoms with van der Waals surface area (Å²) in [5.41, 5.74) is 5.40. The minimum Gasteiger partial charge on any atom is -0.238 e. The van der Waals surface area contributed by atoms with Gasteiger partial charge < -0.3 is 0 Å². The highest BCUT2D eigenvalue weighted by Gasteiger charge is 2.01. The molecule has 94 valence electrons. The molecule has 0 aliphatic carbocycles. The first kappa shape index (κ1) is 12.2. The molecule has 0 saturated heterocycles. The Morgan fingerprint density at radius 1 is 0.550 bits per heavy atom. The van der Waals surface area contributed by atoms with Gasteiger partial charge in [-0.2, -0.15) is 0 Å². The van der Waals surface area contributed by atoms with E-state index in [0.29, 0.717) is 5.69 Å². The van der Waals surface area contributed by atoms with E-state index in [-0.39, 0.29) is 0 Å². The summed E-state index contributed by atoms with van der Waals surface area (Å²) < 4.78 is 0. The third-order valence-electron chi connectivity index (χ3n) is 3.30. The van der Waals surface area contributed by atoms with Crippen LogP contribution >= 0.6 is 0 Å². The average Bonchev–Trinajstić information content (AvgIpc) is 2.56. The maximum Gasteiger partial charge on any atom is 0.187 e. The quantitative estimate of drug-likeness (QED) is 0.527. The Morgan fingerprint density at radius 3 is 1.70 bits per heavy atom. The first-order valence-electron chi connectivity index (χ1n) is 6.50. The lowest BCUT2D eigenvalue weighted by atomic mass is 9.99. The van der Waals surface area contributed by atoms with Gasteiger partial charge in [-0.05, 0) is 28.3 Å². The summed E-state index contributed by atoms with van der Waals surface area (Å²) in [4.78, 5) is 3.42. The van der Waals surface area contributed by atoms with Crippen molar-refractivity contribution in [2.24, 2.45) is 0 Å². The zero-order valence-electron chi connectivity index (χ0n) is 11.0. The molecule has 0 saturated carbocycles. The second-order valence-corrected chi connectivity index (χ2v) is 4.61. The van der Waals surface area contributed by atoms with Crippen LogP contribution in [0.2, 0.25) is 0 Å². The summed E-state index contributed by atoms with van der Waals surface area (Å²) in [6.07, 6.45) is 0. The van der Waals surface area contributed by atoms with Crippen LogP contribution in [0.3, 0.4) is 0 Å². The normalized spacial score (nSPS) is 9.95. The van der Waals surface area contributed by atoms with Gasteiger partial charge in [-0.25, -0.2) is 4.85 Å². The van der Waals surface area contributed by atoms with Crippen molar-refractivity contribution in [3.05, 3.63) is 90.3 Å². The molecule has 0 spiro atoms. The van der Waals surface area contributed by atoms with E-state index in [1.54, 1.807) is 0 Å². The van der Waals surface area contributed by atoms with Gasteiger partial charge in [0.2, 0.25) is 0 Å². The summed E-state index contributed by atoms with van der Waals surface area (Å²) >= 11 is 0. The lowest BCUT2D eigenvalue weighted by molar-refractivity contribution is 1.59. The number of rotatable bonds is 2. The van der Waals surface area contributed by atoms with Crippen LogP contribution in [0.5, 0.6) is 0 Å². The van der Waals surface area contributed by atoms with Gasteiger partial charge in [0.1, 0.15) is 0 Å². The molecule has 0 fully saturated rings.